The molecule has 0 heterocycles. The van der Waals surface area contributed by atoms with Crippen LogP contribution in [0.5, 0.6) is 0 Å². The van der Waals surface area contributed by atoms with Crippen molar-refractivity contribution < 1.29 is 14.7 Å². The molecule has 116 valence electrons. The number of hydrogen-bond acceptors (Lipinski definition) is 3. The second-order valence-electron chi connectivity index (χ2n) is 6.11. The molecule has 2 atom stereocenters. The van der Waals surface area contributed by atoms with E-state index in [1.807, 2.05) is 48.5 Å². The van der Waals surface area contributed by atoms with Gasteiger partial charge in [-0.25, -0.2) is 5.84 Å². The highest BCUT2D eigenvalue weighted by molar-refractivity contribution is 5.89. The van der Waals surface area contributed by atoms with Gasteiger partial charge >= 0.3 is 5.97 Å². The van der Waals surface area contributed by atoms with Crippen molar-refractivity contribution in [3.8, 4) is 0 Å². The number of aliphatic carboxylic acids is 1. The molecular formula is C18H16N2O3. The van der Waals surface area contributed by atoms with Crippen molar-refractivity contribution in [2.75, 3.05) is 0 Å². The van der Waals surface area contributed by atoms with E-state index in [0.29, 0.717) is 0 Å². The summed E-state index contributed by atoms with van der Waals surface area (Å²) in [6.45, 7) is 0. The van der Waals surface area contributed by atoms with Crippen LogP contribution < -0.4 is 11.3 Å². The van der Waals surface area contributed by atoms with Gasteiger partial charge in [0.25, 0.3) is 0 Å². The first kappa shape index (κ1) is 14.0. The summed E-state index contributed by atoms with van der Waals surface area (Å²) in [5.74, 6) is 1.84. The Labute approximate surface area is 133 Å². The summed E-state index contributed by atoms with van der Waals surface area (Å²) in [7, 11) is 0. The second kappa shape index (κ2) is 4.93. The maximum absolute atomic E-state index is 12.4. The average Bonchev–Trinajstić information content (AvgIpc) is 2.60. The van der Waals surface area contributed by atoms with Crippen LogP contribution in [-0.2, 0) is 9.59 Å². The monoisotopic (exact) mass is 308 g/mol. The Morgan fingerprint density at radius 2 is 1.22 bits per heavy atom. The molecule has 5 nitrogen and oxygen atoms in total. The van der Waals surface area contributed by atoms with Crippen molar-refractivity contribution in [2.24, 2.45) is 17.7 Å². The Hall–Kier alpha value is -2.66. The van der Waals surface area contributed by atoms with Crippen LogP contribution in [-0.4, -0.2) is 17.0 Å². The number of benzene rings is 2. The van der Waals surface area contributed by atoms with Crippen molar-refractivity contribution in [2.45, 2.75) is 11.8 Å². The number of carbonyl (C=O) groups excluding carboxylic acids is 1. The molecule has 2 aromatic carbocycles. The molecular weight excluding hydrogens is 292 g/mol. The smallest absolute Gasteiger partial charge is 0.308 e. The molecule has 5 heteroatoms. The van der Waals surface area contributed by atoms with Gasteiger partial charge in [-0.05, 0) is 22.3 Å². The topological polar surface area (TPSA) is 92.4 Å². The predicted octanol–water partition coefficient (Wildman–Crippen LogP) is 1.58. The van der Waals surface area contributed by atoms with Gasteiger partial charge in [0.2, 0.25) is 5.91 Å². The number of hydrazine groups is 1. The Bertz CT molecular complexity index is 770. The number of nitrogens with two attached hydrogens (primary N) is 1. The van der Waals surface area contributed by atoms with Crippen molar-refractivity contribution in [1.82, 2.24) is 5.43 Å². The molecule has 0 saturated carbocycles. The van der Waals surface area contributed by atoms with E-state index in [1.54, 1.807) is 0 Å². The van der Waals surface area contributed by atoms with Crippen LogP contribution in [0.25, 0.3) is 0 Å². The molecule has 0 aliphatic heterocycles. The van der Waals surface area contributed by atoms with Crippen LogP contribution in [0, 0.1) is 11.8 Å². The molecule has 0 saturated heterocycles. The molecule has 1 amide bonds. The van der Waals surface area contributed by atoms with Crippen molar-refractivity contribution in [3.63, 3.8) is 0 Å². The average molecular weight is 308 g/mol. The van der Waals surface area contributed by atoms with Gasteiger partial charge < -0.3 is 5.11 Å². The minimum Gasteiger partial charge on any atom is -0.481 e. The van der Waals surface area contributed by atoms with Crippen LogP contribution in [0.15, 0.2) is 48.5 Å². The third-order valence-electron chi connectivity index (χ3n) is 5.17. The third kappa shape index (κ3) is 1.77. The van der Waals surface area contributed by atoms with E-state index >= 15 is 0 Å². The fourth-order valence-electron chi connectivity index (χ4n) is 4.39. The Balaban J connectivity index is 2.03. The summed E-state index contributed by atoms with van der Waals surface area (Å²) in [5, 5.41) is 9.81. The number of carboxylic acids is 1. The summed E-state index contributed by atoms with van der Waals surface area (Å²) >= 11 is 0. The van der Waals surface area contributed by atoms with Gasteiger partial charge in [-0.3, -0.25) is 15.0 Å². The zero-order valence-electron chi connectivity index (χ0n) is 12.3. The van der Waals surface area contributed by atoms with Crippen molar-refractivity contribution in [1.29, 1.82) is 0 Å². The number of carbonyl (C=O) groups is 2. The van der Waals surface area contributed by atoms with Crippen LogP contribution in [0.4, 0.5) is 0 Å². The molecule has 0 radical (unpaired) electrons. The maximum atomic E-state index is 12.4. The van der Waals surface area contributed by atoms with Crippen LogP contribution >= 0.6 is 0 Å². The van der Waals surface area contributed by atoms with Crippen molar-refractivity contribution in [3.05, 3.63) is 70.8 Å². The maximum Gasteiger partial charge on any atom is 0.308 e. The zero-order valence-corrected chi connectivity index (χ0v) is 12.3. The van der Waals surface area contributed by atoms with Gasteiger partial charge in [0.1, 0.15) is 0 Å². The van der Waals surface area contributed by atoms with Gasteiger partial charge in [0, 0.05) is 11.8 Å². The summed E-state index contributed by atoms with van der Waals surface area (Å²) in [6, 6.07) is 15.6. The first-order valence-corrected chi connectivity index (χ1v) is 7.56. The van der Waals surface area contributed by atoms with Gasteiger partial charge in [-0.2, -0.15) is 0 Å². The lowest BCUT2D eigenvalue weighted by molar-refractivity contribution is -0.149. The van der Waals surface area contributed by atoms with E-state index in [1.165, 1.54) is 0 Å². The third-order valence-corrected chi connectivity index (χ3v) is 5.17. The molecule has 3 aliphatic rings. The molecule has 23 heavy (non-hydrogen) atoms. The predicted molar refractivity (Wildman–Crippen MR) is 83.5 cm³/mol. The molecule has 0 spiro atoms. The largest absolute Gasteiger partial charge is 0.481 e. The number of hydrogen-bond donors (Lipinski definition) is 3. The van der Waals surface area contributed by atoms with Crippen LogP contribution in [0.3, 0.4) is 0 Å². The fraction of sp³-hybridized carbons (Fsp3) is 0.222. The fourth-order valence-corrected chi connectivity index (χ4v) is 4.39. The lowest BCUT2D eigenvalue weighted by atomic mass is 9.54. The molecule has 0 fully saturated rings. The Morgan fingerprint density at radius 1 is 0.826 bits per heavy atom. The zero-order chi connectivity index (χ0) is 16.1. The normalized spacial score (nSPS) is 27.0. The lowest BCUT2D eigenvalue weighted by Gasteiger charge is -2.48. The standard InChI is InChI=1S/C18H16N2O3/c19-20-17(21)15-13-9-5-1-3-7-11(9)14(16(15)18(22)23)12-8-4-2-6-10(12)13/h1-8,13-16H,19H2,(H,20,21)(H,22,23)/t13?,14?,15-,16+/m0/s1. The molecule has 0 aromatic heterocycles. The minimum absolute atomic E-state index is 0.281. The number of carboxylic acid groups (broad SMARTS) is 1. The molecule has 2 aromatic rings. The first-order valence-electron chi connectivity index (χ1n) is 7.56. The van der Waals surface area contributed by atoms with Crippen LogP contribution in [0.1, 0.15) is 34.1 Å². The number of nitrogens with one attached hydrogen (secondary N) is 1. The van der Waals surface area contributed by atoms with Gasteiger partial charge in [-0.1, -0.05) is 48.5 Å². The van der Waals surface area contributed by atoms with E-state index in [0.717, 1.165) is 22.3 Å². The highest BCUT2D eigenvalue weighted by Crippen LogP contribution is 2.58. The number of rotatable bonds is 2. The highest BCUT2D eigenvalue weighted by Gasteiger charge is 2.55. The van der Waals surface area contributed by atoms with E-state index in [4.69, 9.17) is 5.84 Å². The SMILES string of the molecule is NNC(=O)[C@H]1C2c3ccccc3C(c3ccccc32)[C@H]1C(=O)O. The second-order valence-corrected chi connectivity index (χ2v) is 6.11. The van der Waals surface area contributed by atoms with Gasteiger partial charge in [0.05, 0.1) is 11.8 Å². The van der Waals surface area contributed by atoms with Gasteiger partial charge in [-0.15, -0.1) is 0 Å². The summed E-state index contributed by atoms with van der Waals surface area (Å²) in [4.78, 5) is 24.4. The van der Waals surface area contributed by atoms with Crippen molar-refractivity contribution >= 4 is 11.9 Å². The first-order chi connectivity index (χ1) is 11.1. The quantitative estimate of drug-likeness (QED) is 0.446. The van der Waals surface area contributed by atoms with E-state index in [9.17, 15) is 14.7 Å². The summed E-state index contributed by atoms with van der Waals surface area (Å²) in [5.41, 5.74) is 6.23. The van der Waals surface area contributed by atoms with Gasteiger partial charge in [0.15, 0.2) is 0 Å². The summed E-state index contributed by atoms with van der Waals surface area (Å²) in [6.07, 6.45) is 0. The van der Waals surface area contributed by atoms with Crippen LogP contribution in [0.2, 0.25) is 0 Å². The lowest BCUT2D eigenvalue weighted by Crippen LogP contribution is -2.51. The molecule has 2 bridgehead atoms. The van der Waals surface area contributed by atoms with E-state index in [-0.39, 0.29) is 11.8 Å². The van der Waals surface area contributed by atoms with E-state index in [2.05, 4.69) is 5.43 Å². The highest BCUT2D eigenvalue weighted by atomic mass is 16.4. The molecule has 0 unspecified atom stereocenters. The number of fused-ring (bicyclic) bond motifs is 1. The molecule has 5 rings (SSSR count). The molecule has 4 N–H and O–H groups in total. The number of amides is 1. The Morgan fingerprint density at radius 3 is 1.57 bits per heavy atom. The molecule has 3 aliphatic carbocycles. The minimum atomic E-state index is -0.961. The van der Waals surface area contributed by atoms with E-state index < -0.39 is 23.7 Å². The summed E-state index contributed by atoms with van der Waals surface area (Å²) < 4.78 is 0. The Kier molecular flexibility index (Phi) is 2.99.